The number of likely N-dealkylation sites (tertiary alicyclic amines) is 1. The molecule has 132 valence electrons. The number of rotatable bonds is 4. The lowest BCUT2D eigenvalue weighted by Crippen LogP contribution is -2.52. The van der Waals surface area contributed by atoms with Gasteiger partial charge in [-0.05, 0) is 25.8 Å². The minimum Gasteiger partial charge on any atom is -0.438 e. The SMILES string of the molecule is Cc1cnc(C(=O)NC2CCCN(Cc3ccc(F)cc3F)C2=O)o1. The molecule has 1 aliphatic heterocycles. The van der Waals surface area contributed by atoms with E-state index >= 15 is 0 Å². The van der Waals surface area contributed by atoms with Gasteiger partial charge in [0.25, 0.3) is 5.89 Å². The van der Waals surface area contributed by atoms with E-state index in [9.17, 15) is 18.4 Å². The smallest absolute Gasteiger partial charge is 0.307 e. The maximum atomic E-state index is 13.8. The van der Waals surface area contributed by atoms with Gasteiger partial charge in [-0.1, -0.05) is 6.07 Å². The first-order valence-electron chi connectivity index (χ1n) is 7.90. The van der Waals surface area contributed by atoms with Crippen LogP contribution in [0.1, 0.15) is 34.9 Å². The molecular formula is C17H17F2N3O3. The Balaban J connectivity index is 1.67. The van der Waals surface area contributed by atoms with E-state index in [0.29, 0.717) is 25.1 Å². The van der Waals surface area contributed by atoms with Crippen molar-refractivity contribution in [2.75, 3.05) is 6.54 Å². The first-order chi connectivity index (χ1) is 11.9. The summed E-state index contributed by atoms with van der Waals surface area (Å²) in [5.41, 5.74) is 0.227. The predicted octanol–water partition coefficient (Wildman–Crippen LogP) is 2.18. The lowest BCUT2D eigenvalue weighted by Gasteiger charge is -2.32. The number of halogens is 2. The van der Waals surface area contributed by atoms with Crippen molar-refractivity contribution in [1.29, 1.82) is 0 Å². The second-order valence-corrected chi connectivity index (χ2v) is 5.94. The number of carbonyl (C=O) groups is 2. The summed E-state index contributed by atoms with van der Waals surface area (Å²) in [5, 5.41) is 2.60. The zero-order valence-corrected chi connectivity index (χ0v) is 13.6. The second-order valence-electron chi connectivity index (χ2n) is 5.94. The number of aromatic nitrogens is 1. The number of nitrogens with zero attached hydrogens (tertiary/aromatic N) is 2. The zero-order chi connectivity index (χ0) is 18.0. The van der Waals surface area contributed by atoms with Crippen molar-refractivity contribution in [1.82, 2.24) is 15.2 Å². The van der Waals surface area contributed by atoms with Gasteiger partial charge in [0.15, 0.2) is 0 Å². The highest BCUT2D eigenvalue weighted by atomic mass is 19.1. The normalized spacial score (nSPS) is 17.6. The predicted molar refractivity (Wildman–Crippen MR) is 83.5 cm³/mol. The van der Waals surface area contributed by atoms with Crippen LogP contribution in [0.3, 0.4) is 0 Å². The number of aryl methyl sites for hydroxylation is 1. The van der Waals surface area contributed by atoms with Crippen LogP contribution < -0.4 is 5.32 Å². The van der Waals surface area contributed by atoms with Crippen molar-refractivity contribution in [3.05, 3.63) is 53.2 Å². The Hall–Kier alpha value is -2.77. The number of piperidine rings is 1. The molecule has 1 aliphatic rings. The fourth-order valence-corrected chi connectivity index (χ4v) is 2.77. The Bertz CT molecular complexity index is 806. The molecule has 0 radical (unpaired) electrons. The highest BCUT2D eigenvalue weighted by Crippen LogP contribution is 2.18. The maximum absolute atomic E-state index is 13.8. The molecule has 2 heterocycles. The molecule has 0 aliphatic carbocycles. The minimum atomic E-state index is -0.725. The van der Waals surface area contributed by atoms with Crippen molar-refractivity contribution >= 4 is 11.8 Å². The highest BCUT2D eigenvalue weighted by molar-refractivity contribution is 5.94. The van der Waals surface area contributed by atoms with Crippen LogP contribution in [0.4, 0.5) is 8.78 Å². The fourth-order valence-electron chi connectivity index (χ4n) is 2.77. The zero-order valence-electron chi connectivity index (χ0n) is 13.6. The quantitative estimate of drug-likeness (QED) is 0.918. The van der Waals surface area contributed by atoms with Crippen molar-refractivity contribution in [3.8, 4) is 0 Å². The molecule has 1 atom stereocenters. The molecule has 0 spiro atoms. The molecule has 1 aromatic carbocycles. The summed E-state index contributed by atoms with van der Waals surface area (Å²) in [6.45, 7) is 2.13. The topological polar surface area (TPSA) is 75.4 Å². The minimum absolute atomic E-state index is 0.0232. The summed E-state index contributed by atoms with van der Waals surface area (Å²) >= 11 is 0. The van der Waals surface area contributed by atoms with Crippen molar-refractivity contribution in [2.45, 2.75) is 32.4 Å². The van der Waals surface area contributed by atoms with Gasteiger partial charge in [0.05, 0.1) is 6.20 Å². The summed E-state index contributed by atoms with van der Waals surface area (Å²) in [6.07, 6.45) is 2.55. The second kappa shape index (κ2) is 7.00. The van der Waals surface area contributed by atoms with E-state index in [0.717, 1.165) is 12.1 Å². The fraction of sp³-hybridized carbons (Fsp3) is 0.353. The van der Waals surface area contributed by atoms with Crippen LogP contribution in [0.5, 0.6) is 0 Å². The Labute approximate surface area is 142 Å². The monoisotopic (exact) mass is 349 g/mol. The van der Waals surface area contributed by atoms with Gasteiger partial charge in [-0.3, -0.25) is 9.59 Å². The van der Waals surface area contributed by atoms with Gasteiger partial charge < -0.3 is 14.6 Å². The summed E-state index contributed by atoms with van der Waals surface area (Å²) < 4.78 is 31.9. The third-order valence-electron chi connectivity index (χ3n) is 4.03. The van der Waals surface area contributed by atoms with Gasteiger partial charge in [0.1, 0.15) is 23.4 Å². The lowest BCUT2D eigenvalue weighted by molar-refractivity contribution is -0.136. The first-order valence-corrected chi connectivity index (χ1v) is 7.90. The van der Waals surface area contributed by atoms with E-state index in [1.807, 2.05) is 0 Å². The molecule has 25 heavy (non-hydrogen) atoms. The van der Waals surface area contributed by atoms with Gasteiger partial charge >= 0.3 is 5.91 Å². The standard InChI is InChI=1S/C17H17F2N3O3/c1-10-8-20-16(25-10)15(23)21-14-3-2-6-22(17(14)24)9-11-4-5-12(18)7-13(11)19/h4-5,7-8,14H,2-3,6,9H2,1H3,(H,21,23). The number of oxazole rings is 1. The maximum Gasteiger partial charge on any atom is 0.307 e. The van der Waals surface area contributed by atoms with E-state index in [1.165, 1.54) is 17.2 Å². The van der Waals surface area contributed by atoms with Crippen molar-refractivity contribution in [3.63, 3.8) is 0 Å². The van der Waals surface area contributed by atoms with Crippen LogP contribution in [0.15, 0.2) is 28.8 Å². The van der Waals surface area contributed by atoms with E-state index in [4.69, 9.17) is 4.42 Å². The van der Waals surface area contributed by atoms with Crippen LogP contribution in [-0.2, 0) is 11.3 Å². The molecule has 3 rings (SSSR count). The summed E-state index contributed by atoms with van der Waals surface area (Å²) in [7, 11) is 0. The van der Waals surface area contributed by atoms with Crippen LogP contribution in [0.25, 0.3) is 0 Å². The number of hydrogen-bond donors (Lipinski definition) is 1. The number of hydrogen-bond acceptors (Lipinski definition) is 4. The Kier molecular flexibility index (Phi) is 4.78. The highest BCUT2D eigenvalue weighted by Gasteiger charge is 2.31. The van der Waals surface area contributed by atoms with Gasteiger partial charge in [0.2, 0.25) is 5.91 Å². The molecule has 0 bridgehead atoms. The third-order valence-corrected chi connectivity index (χ3v) is 4.03. The number of benzene rings is 1. The summed E-state index contributed by atoms with van der Waals surface area (Å²) in [5.74, 6) is -1.86. The molecule has 1 fully saturated rings. The third kappa shape index (κ3) is 3.84. The van der Waals surface area contributed by atoms with Crippen LogP contribution in [0, 0.1) is 18.6 Å². The summed E-state index contributed by atoms with van der Waals surface area (Å²) in [6, 6.07) is 2.53. The van der Waals surface area contributed by atoms with Crippen LogP contribution >= 0.6 is 0 Å². The molecular weight excluding hydrogens is 332 g/mol. The van der Waals surface area contributed by atoms with Gasteiger partial charge in [-0.25, -0.2) is 13.8 Å². The Morgan fingerprint density at radius 2 is 2.24 bits per heavy atom. The molecule has 1 N–H and O–H groups in total. The van der Waals surface area contributed by atoms with E-state index in [2.05, 4.69) is 10.3 Å². The lowest BCUT2D eigenvalue weighted by atomic mass is 10.0. The van der Waals surface area contributed by atoms with Crippen molar-refractivity contribution in [2.24, 2.45) is 0 Å². The van der Waals surface area contributed by atoms with Crippen LogP contribution in [0.2, 0.25) is 0 Å². The Morgan fingerprint density at radius 3 is 2.92 bits per heavy atom. The summed E-state index contributed by atoms with van der Waals surface area (Å²) in [4.78, 5) is 29.9. The van der Waals surface area contributed by atoms with Gasteiger partial charge in [-0.2, -0.15) is 0 Å². The molecule has 1 unspecified atom stereocenters. The van der Waals surface area contributed by atoms with Crippen molar-refractivity contribution < 1.29 is 22.8 Å². The molecule has 1 saturated heterocycles. The molecule has 2 aromatic rings. The molecule has 2 amide bonds. The Morgan fingerprint density at radius 1 is 1.44 bits per heavy atom. The molecule has 0 saturated carbocycles. The van der Waals surface area contributed by atoms with E-state index < -0.39 is 23.6 Å². The van der Waals surface area contributed by atoms with Crippen LogP contribution in [-0.4, -0.2) is 34.3 Å². The molecule has 8 heteroatoms. The largest absolute Gasteiger partial charge is 0.438 e. The first kappa shape index (κ1) is 17.1. The molecule has 1 aromatic heterocycles. The van der Waals surface area contributed by atoms with Gasteiger partial charge in [-0.15, -0.1) is 0 Å². The number of amides is 2. The van der Waals surface area contributed by atoms with E-state index in [-0.39, 0.29) is 23.9 Å². The van der Waals surface area contributed by atoms with Gasteiger partial charge in [0, 0.05) is 24.7 Å². The average molecular weight is 349 g/mol. The number of carbonyl (C=O) groups excluding carboxylic acids is 2. The average Bonchev–Trinajstić information content (AvgIpc) is 3.00. The van der Waals surface area contributed by atoms with E-state index in [1.54, 1.807) is 6.92 Å². The number of nitrogens with one attached hydrogen (secondary N) is 1. The molecule has 6 nitrogen and oxygen atoms in total.